The maximum Gasteiger partial charge on any atom is 0.339 e. The van der Waals surface area contributed by atoms with E-state index in [1.807, 2.05) is 0 Å². The van der Waals surface area contributed by atoms with Gasteiger partial charge < -0.3 is 5.11 Å². The lowest BCUT2D eigenvalue weighted by atomic mass is 10.2. The van der Waals surface area contributed by atoms with E-state index in [0.29, 0.717) is 10.2 Å². The molecule has 0 saturated heterocycles. The molecule has 1 N–H and O–H groups in total. The van der Waals surface area contributed by atoms with Crippen LogP contribution in [0.15, 0.2) is 28.1 Å². The molecule has 0 radical (unpaired) electrons. The van der Waals surface area contributed by atoms with Gasteiger partial charge in [-0.3, -0.25) is 9.36 Å². The smallest absolute Gasteiger partial charge is 0.339 e. The highest BCUT2D eigenvalue weighted by Crippen LogP contribution is 2.09. The van der Waals surface area contributed by atoms with Gasteiger partial charge >= 0.3 is 5.97 Å². The number of aryl methyl sites for hydroxylation is 1. The number of hydrogen-bond donors (Lipinski definition) is 1. The molecule has 2 heterocycles. The van der Waals surface area contributed by atoms with Crippen LogP contribution in [-0.4, -0.2) is 30.6 Å². The predicted octanol–water partition coefficient (Wildman–Crippen LogP) is 0.851. The Bertz CT molecular complexity index is 699. The van der Waals surface area contributed by atoms with Crippen molar-refractivity contribution in [2.45, 2.75) is 13.5 Å². The standard InChI is InChI=1S/C11H9BrN4O3/c1-6-9(12)10(17)16(5-15-6)3-8-7(11(18)19)2-13-4-14-8/h2,4-5H,3H2,1H3,(H,18,19). The first kappa shape index (κ1) is 13.3. The monoisotopic (exact) mass is 324 g/mol. The van der Waals surface area contributed by atoms with E-state index in [-0.39, 0.29) is 23.4 Å². The second-order valence-electron chi connectivity index (χ2n) is 3.77. The molecule has 0 fully saturated rings. The highest BCUT2D eigenvalue weighted by atomic mass is 79.9. The van der Waals surface area contributed by atoms with Crippen LogP contribution in [0, 0.1) is 6.92 Å². The van der Waals surface area contributed by atoms with Gasteiger partial charge in [-0.15, -0.1) is 0 Å². The van der Waals surface area contributed by atoms with Crippen molar-refractivity contribution < 1.29 is 9.90 Å². The maximum absolute atomic E-state index is 12.0. The molecular weight excluding hydrogens is 316 g/mol. The number of carbonyl (C=O) groups is 1. The zero-order valence-electron chi connectivity index (χ0n) is 9.87. The van der Waals surface area contributed by atoms with E-state index < -0.39 is 5.97 Å². The fourth-order valence-electron chi connectivity index (χ4n) is 1.48. The number of rotatable bonds is 3. The number of carboxylic acid groups (broad SMARTS) is 1. The van der Waals surface area contributed by atoms with Crippen LogP contribution in [0.25, 0.3) is 0 Å². The molecule has 8 heteroatoms. The number of nitrogens with zero attached hydrogens (tertiary/aromatic N) is 4. The van der Waals surface area contributed by atoms with Crippen molar-refractivity contribution in [2.24, 2.45) is 0 Å². The van der Waals surface area contributed by atoms with Crippen LogP contribution in [0.2, 0.25) is 0 Å². The molecule has 0 saturated carbocycles. The molecule has 0 aromatic carbocycles. The first-order valence-electron chi connectivity index (χ1n) is 5.24. The van der Waals surface area contributed by atoms with Crippen molar-refractivity contribution in [3.63, 3.8) is 0 Å². The Morgan fingerprint density at radius 1 is 1.47 bits per heavy atom. The van der Waals surface area contributed by atoms with Crippen LogP contribution in [0.5, 0.6) is 0 Å². The third kappa shape index (κ3) is 2.68. The Morgan fingerprint density at radius 3 is 2.89 bits per heavy atom. The van der Waals surface area contributed by atoms with Gasteiger partial charge in [0, 0.05) is 6.20 Å². The Kier molecular flexibility index (Phi) is 3.70. The van der Waals surface area contributed by atoms with Gasteiger partial charge in [0.05, 0.1) is 24.3 Å². The fraction of sp³-hybridized carbons (Fsp3) is 0.182. The largest absolute Gasteiger partial charge is 0.478 e. The quantitative estimate of drug-likeness (QED) is 0.898. The average molecular weight is 325 g/mol. The third-order valence-electron chi connectivity index (χ3n) is 2.50. The van der Waals surface area contributed by atoms with Gasteiger partial charge in [-0.05, 0) is 22.9 Å². The molecule has 0 aliphatic rings. The van der Waals surface area contributed by atoms with Crippen molar-refractivity contribution in [3.05, 3.63) is 50.6 Å². The minimum Gasteiger partial charge on any atom is -0.478 e. The Morgan fingerprint density at radius 2 is 2.21 bits per heavy atom. The summed E-state index contributed by atoms with van der Waals surface area (Å²) >= 11 is 3.15. The summed E-state index contributed by atoms with van der Waals surface area (Å²) < 4.78 is 1.63. The van der Waals surface area contributed by atoms with E-state index in [9.17, 15) is 9.59 Å². The number of halogens is 1. The summed E-state index contributed by atoms with van der Waals surface area (Å²) in [6, 6.07) is 0. The highest BCUT2D eigenvalue weighted by molar-refractivity contribution is 9.10. The van der Waals surface area contributed by atoms with E-state index in [2.05, 4.69) is 30.9 Å². The fourth-order valence-corrected chi connectivity index (χ4v) is 1.81. The van der Waals surface area contributed by atoms with Gasteiger partial charge in [-0.25, -0.2) is 19.7 Å². The zero-order valence-corrected chi connectivity index (χ0v) is 11.5. The molecular formula is C11H9BrN4O3. The maximum atomic E-state index is 12.0. The van der Waals surface area contributed by atoms with E-state index in [0.717, 1.165) is 0 Å². The molecule has 0 bridgehead atoms. The Labute approximate surface area is 116 Å². The minimum absolute atomic E-state index is 0.0227. The Balaban J connectivity index is 2.46. The number of aromatic carboxylic acids is 1. The molecule has 7 nitrogen and oxygen atoms in total. The summed E-state index contributed by atoms with van der Waals surface area (Å²) in [6.07, 6.45) is 3.80. The number of carboxylic acids is 1. The molecule has 0 aliphatic carbocycles. The van der Waals surface area contributed by atoms with Crippen molar-refractivity contribution >= 4 is 21.9 Å². The van der Waals surface area contributed by atoms with Gasteiger partial charge in [-0.1, -0.05) is 0 Å². The van der Waals surface area contributed by atoms with E-state index in [1.54, 1.807) is 6.92 Å². The Hall–Kier alpha value is -2.09. The van der Waals surface area contributed by atoms with Gasteiger partial charge in [0.2, 0.25) is 0 Å². The van der Waals surface area contributed by atoms with Crippen LogP contribution in [0.4, 0.5) is 0 Å². The van der Waals surface area contributed by atoms with Gasteiger partial charge in [0.1, 0.15) is 16.4 Å². The van der Waals surface area contributed by atoms with Crippen LogP contribution in [0.1, 0.15) is 21.7 Å². The van der Waals surface area contributed by atoms with Crippen LogP contribution in [-0.2, 0) is 6.54 Å². The average Bonchev–Trinajstić information content (AvgIpc) is 2.40. The van der Waals surface area contributed by atoms with Gasteiger partial charge in [0.15, 0.2) is 0 Å². The van der Waals surface area contributed by atoms with Crippen molar-refractivity contribution in [1.29, 1.82) is 0 Å². The molecule has 2 aromatic rings. The summed E-state index contributed by atoms with van der Waals surface area (Å²) in [7, 11) is 0. The molecule has 0 spiro atoms. The summed E-state index contributed by atoms with van der Waals surface area (Å²) in [5, 5.41) is 9.02. The molecule has 2 rings (SSSR count). The molecule has 98 valence electrons. The lowest BCUT2D eigenvalue weighted by molar-refractivity contribution is 0.0694. The lowest BCUT2D eigenvalue weighted by Crippen LogP contribution is -2.24. The van der Waals surface area contributed by atoms with E-state index in [1.165, 1.54) is 23.4 Å². The summed E-state index contributed by atoms with van der Waals surface area (Å²) in [6.45, 7) is 1.72. The SMILES string of the molecule is Cc1ncn(Cc2ncncc2C(=O)O)c(=O)c1Br. The third-order valence-corrected chi connectivity index (χ3v) is 3.42. The molecule has 19 heavy (non-hydrogen) atoms. The van der Waals surface area contributed by atoms with E-state index in [4.69, 9.17) is 5.11 Å². The molecule has 0 aliphatic heterocycles. The van der Waals surface area contributed by atoms with E-state index >= 15 is 0 Å². The molecule has 0 unspecified atom stereocenters. The number of hydrogen-bond acceptors (Lipinski definition) is 5. The lowest BCUT2D eigenvalue weighted by Gasteiger charge is -2.08. The van der Waals surface area contributed by atoms with Crippen LogP contribution >= 0.6 is 15.9 Å². The van der Waals surface area contributed by atoms with Crippen molar-refractivity contribution in [3.8, 4) is 0 Å². The predicted molar refractivity (Wildman–Crippen MR) is 69.0 cm³/mol. The summed E-state index contributed by atoms with van der Waals surface area (Å²) in [4.78, 5) is 34.6. The highest BCUT2D eigenvalue weighted by Gasteiger charge is 2.13. The second-order valence-corrected chi connectivity index (χ2v) is 4.56. The summed E-state index contributed by atoms with van der Waals surface area (Å²) in [5.41, 5.74) is 0.498. The normalized spacial score (nSPS) is 10.4. The number of aromatic nitrogens is 4. The van der Waals surface area contributed by atoms with Gasteiger partial charge in [0.25, 0.3) is 5.56 Å². The molecule has 2 aromatic heterocycles. The molecule has 0 atom stereocenters. The summed E-state index contributed by atoms with van der Waals surface area (Å²) in [5.74, 6) is -1.14. The van der Waals surface area contributed by atoms with Crippen molar-refractivity contribution in [2.75, 3.05) is 0 Å². The van der Waals surface area contributed by atoms with Gasteiger partial charge in [-0.2, -0.15) is 0 Å². The topological polar surface area (TPSA) is 98.0 Å². The zero-order chi connectivity index (χ0) is 14.0. The van der Waals surface area contributed by atoms with Crippen molar-refractivity contribution in [1.82, 2.24) is 19.5 Å². The molecule has 0 amide bonds. The minimum atomic E-state index is -1.14. The first-order valence-corrected chi connectivity index (χ1v) is 6.03. The first-order chi connectivity index (χ1) is 9.00. The van der Waals surface area contributed by atoms with Crippen LogP contribution in [0.3, 0.4) is 0 Å². The second kappa shape index (κ2) is 5.27. The van der Waals surface area contributed by atoms with Crippen LogP contribution < -0.4 is 5.56 Å².